The number of carboxylic acid groups (broad SMARTS) is 1. The average molecular weight is 276 g/mol. The molecule has 2 aromatic carbocycles. The molecule has 20 heavy (non-hydrogen) atoms. The number of para-hydroxylation sites is 1. The quantitative estimate of drug-likeness (QED) is 0.863. The fraction of sp³-hybridized carbons (Fsp3) is 0. The third-order valence-electron chi connectivity index (χ3n) is 2.44. The summed E-state index contributed by atoms with van der Waals surface area (Å²) in [6.45, 7) is 0. The standard InChI is InChI=1S/C15H10F2O3/c16-11-6-7-12(17)14(9-11)20-13-4-2-1-3-10(13)5-8-15(18)19/h1-9H,(H,18,19). The molecule has 0 aliphatic heterocycles. The summed E-state index contributed by atoms with van der Waals surface area (Å²) in [6.07, 6.45) is 2.25. The highest BCUT2D eigenvalue weighted by Gasteiger charge is 2.08. The molecule has 1 N–H and O–H groups in total. The Bertz CT molecular complexity index is 666. The molecule has 0 fully saturated rings. The maximum Gasteiger partial charge on any atom is 0.328 e. The van der Waals surface area contributed by atoms with Crippen LogP contribution in [0.4, 0.5) is 8.78 Å². The molecule has 2 aromatic rings. The van der Waals surface area contributed by atoms with Gasteiger partial charge in [-0.15, -0.1) is 0 Å². The lowest BCUT2D eigenvalue weighted by atomic mass is 10.2. The molecule has 3 nitrogen and oxygen atoms in total. The highest BCUT2D eigenvalue weighted by molar-refractivity contribution is 5.85. The van der Waals surface area contributed by atoms with Crippen molar-refractivity contribution >= 4 is 12.0 Å². The zero-order valence-corrected chi connectivity index (χ0v) is 10.2. The van der Waals surface area contributed by atoms with Crippen LogP contribution in [-0.2, 0) is 4.79 Å². The number of carboxylic acids is 1. The highest BCUT2D eigenvalue weighted by Crippen LogP contribution is 2.28. The summed E-state index contributed by atoms with van der Waals surface area (Å²) in [7, 11) is 0. The molecule has 0 bridgehead atoms. The first-order chi connectivity index (χ1) is 9.56. The molecule has 0 aromatic heterocycles. The van der Waals surface area contributed by atoms with Gasteiger partial charge in [0.25, 0.3) is 0 Å². The van der Waals surface area contributed by atoms with E-state index in [1.807, 2.05) is 0 Å². The topological polar surface area (TPSA) is 46.5 Å². The summed E-state index contributed by atoms with van der Waals surface area (Å²) < 4.78 is 31.9. The number of rotatable bonds is 4. The molecule has 0 saturated carbocycles. The van der Waals surface area contributed by atoms with Crippen LogP contribution in [0.25, 0.3) is 6.08 Å². The van der Waals surface area contributed by atoms with Crippen molar-refractivity contribution in [3.05, 3.63) is 65.7 Å². The molecule has 0 radical (unpaired) electrons. The summed E-state index contributed by atoms with van der Waals surface area (Å²) in [6, 6.07) is 9.32. The predicted molar refractivity (Wildman–Crippen MR) is 69.5 cm³/mol. The molecular formula is C15H10F2O3. The van der Waals surface area contributed by atoms with Crippen LogP contribution in [-0.4, -0.2) is 11.1 Å². The minimum absolute atomic E-state index is 0.231. The Kier molecular flexibility index (Phi) is 4.10. The zero-order chi connectivity index (χ0) is 14.5. The maximum absolute atomic E-state index is 13.5. The lowest BCUT2D eigenvalue weighted by Gasteiger charge is -2.09. The summed E-state index contributed by atoms with van der Waals surface area (Å²) in [5.41, 5.74) is 0.443. The summed E-state index contributed by atoms with van der Waals surface area (Å²) in [5, 5.41) is 8.60. The fourth-order valence-electron chi connectivity index (χ4n) is 1.55. The van der Waals surface area contributed by atoms with Crippen molar-refractivity contribution in [1.82, 2.24) is 0 Å². The van der Waals surface area contributed by atoms with Gasteiger partial charge < -0.3 is 9.84 Å². The molecule has 0 unspecified atom stereocenters. The molecule has 5 heteroatoms. The van der Waals surface area contributed by atoms with Crippen LogP contribution in [0.3, 0.4) is 0 Å². The predicted octanol–water partition coefficient (Wildman–Crippen LogP) is 3.85. The first-order valence-electron chi connectivity index (χ1n) is 5.69. The number of hydrogen-bond acceptors (Lipinski definition) is 2. The van der Waals surface area contributed by atoms with Gasteiger partial charge in [-0.1, -0.05) is 18.2 Å². The van der Waals surface area contributed by atoms with E-state index in [0.717, 1.165) is 24.3 Å². The van der Waals surface area contributed by atoms with Gasteiger partial charge in [0.05, 0.1) is 0 Å². The monoisotopic (exact) mass is 276 g/mol. The minimum atomic E-state index is -1.11. The number of hydrogen-bond donors (Lipinski definition) is 1. The average Bonchev–Trinajstić information content (AvgIpc) is 2.42. The summed E-state index contributed by atoms with van der Waals surface area (Å²) in [4.78, 5) is 10.5. The number of aliphatic carboxylic acids is 1. The first-order valence-corrected chi connectivity index (χ1v) is 5.69. The van der Waals surface area contributed by atoms with Crippen molar-refractivity contribution in [2.75, 3.05) is 0 Å². The molecule has 0 aliphatic rings. The van der Waals surface area contributed by atoms with Gasteiger partial charge in [0, 0.05) is 17.7 Å². The number of ether oxygens (including phenoxy) is 1. The van der Waals surface area contributed by atoms with E-state index in [1.165, 1.54) is 12.1 Å². The van der Waals surface area contributed by atoms with Gasteiger partial charge in [-0.25, -0.2) is 13.6 Å². The van der Waals surface area contributed by atoms with Crippen molar-refractivity contribution in [2.24, 2.45) is 0 Å². The number of carbonyl (C=O) groups is 1. The second-order valence-electron chi connectivity index (χ2n) is 3.89. The van der Waals surface area contributed by atoms with Crippen LogP contribution in [0, 0.1) is 11.6 Å². The van der Waals surface area contributed by atoms with Gasteiger partial charge in [-0.2, -0.15) is 0 Å². The largest absolute Gasteiger partial charge is 0.478 e. The van der Waals surface area contributed by atoms with Crippen LogP contribution >= 0.6 is 0 Å². The maximum atomic E-state index is 13.5. The van der Waals surface area contributed by atoms with Crippen molar-refractivity contribution in [2.45, 2.75) is 0 Å². The van der Waals surface area contributed by atoms with Gasteiger partial charge in [0.15, 0.2) is 11.6 Å². The normalized spacial score (nSPS) is 10.7. The molecule has 0 atom stereocenters. The Morgan fingerprint density at radius 3 is 2.60 bits per heavy atom. The van der Waals surface area contributed by atoms with Crippen molar-refractivity contribution in [3.8, 4) is 11.5 Å². The molecule has 0 saturated heterocycles. The van der Waals surface area contributed by atoms with E-state index in [4.69, 9.17) is 9.84 Å². The lowest BCUT2D eigenvalue weighted by molar-refractivity contribution is -0.131. The Hall–Kier alpha value is -2.69. The van der Waals surface area contributed by atoms with Crippen molar-refractivity contribution in [3.63, 3.8) is 0 Å². The second-order valence-corrected chi connectivity index (χ2v) is 3.89. The van der Waals surface area contributed by atoms with Gasteiger partial charge >= 0.3 is 5.97 Å². The van der Waals surface area contributed by atoms with Crippen LogP contribution in [0.15, 0.2) is 48.5 Å². The molecule has 0 aliphatic carbocycles. The third-order valence-corrected chi connectivity index (χ3v) is 2.44. The second kappa shape index (κ2) is 5.97. The smallest absolute Gasteiger partial charge is 0.328 e. The van der Waals surface area contributed by atoms with E-state index >= 15 is 0 Å². The summed E-state index contributed by atoms with van der Waals surface area (Å²) >= 11 is 0. The van der Waals surface area contributed by atoms with Gasteiger partial charge in [0.2, 0.25) is 0 Å². The zero-order valence-electron chi connectivity index (χ0n) is 10.2. The van der Waals surface area contributed by atoms with E-state index in [1.54, 1.807) is 18.2 Å². The molecule has 102 valence electrons. The first kappa shape index (κ1) is 13.7. The van der Waals surface area contributed by atoms with Crippen LogP contribution in [0.5, 0.6) is 11.5 Å². The number of benzene rings is 2. The minimum Gasteiger partial charge on any atom is -0.478 e. The molecule has 0 spiro atoms. The molecular weight excluding hydrogens is 266 g/mol. The Morgan fingerprint density at radius 1 is 1.10 bits per heavy atom. The van der Waals surface area contributed by atoms with E-state index in [9.17, 15) is 13.6 Å². The van der Waals surface area contributed by atoms with Crippen molar-refractivity contribution in [1.29, 1.82) is 0 Å². The summed E-state index contributed by atoms with van der Waals surface area (Å²) in [5.74, 6) is -2.48. The van der Waals surface area contributed by atoms with E-state index < -0.39 is 17.6 Å². The SMILES string of the molecule is O=C(O)C=Cc1ccccc1Oc1cc(F)ccc1F. The fourth-order valence-corrected chi connectivity index (χ4v) is 1.55. The van der Waals surface area contributed by atoms with Crippen LogP contribution < -0.4 is 4.74 Å². The van der Waals surface area contributed by atoms with Gasteiger partial charge in [0.1, 0.15) is 11.6 Å². The molecule has 2 rings (SSSR count). The van der Waals surface area contributed by atoms with E-state index in [0.29, 0.717) is 5.56 Å². The Morgan fingerprint density at radius 2 is 1.85 bits per heavy atom. The number of halogens is 2. The highest BCUT2D eigenvalue weighted by atomic mass is 19.1. The van der Waals surface area contributed by atoms with Gasteiger partial charge in [-0.3, -0.25) is 0 Å². The van der Waals surface area contributed by atoms with E-state index in [-0.39, 0.29) is 11.5 Å². The van der Waals surface area contributed by atoms with Gasteiger partial charge in [-0.05, 0) is 24.3 Å². The molecule has 0 amide bonds. The lowest BCUT2D eigenvalue weighted by Crippen LogP contribution is -1.92. The van der Waals surface area contributed by atoms with Crippen molar-refractivity contribution < 1.29 is 23.4 Å². The Balaban J connectivity index is 2.34. The van der Waals surface area contributed by atoms with Crippen LogP contribution in [0.1, 0.15) is 5.56 Å². The van der Waals surface area contributed by atoms with E-state index in [2.05, 4.69) is 0 Å². The Labute approximate surface area is 113 Å². The van der Waals surface area contributed by atoms with Crippen LogP contribution in [0.2, 0.25) is 0 Å². The molecule has 0 heterocycles. The third kappa shape index (κ3) is 3.41.